The molecular formula is C10H15N3O4. The van der Waals surface area contributed by atoms with Crippen molar-refractivity contribution in [2.24, 2.45) is 0 Å². The molecule has 0 bridgehead atoms. The maximum absolute atomic E-state index is 11.3. The fourth-order valence-electron chi connectivity index (χ4n) is 1.59. The predicted molar refractivity (Wildman–Crippen MR) is 57.9 cm³/mol. The summed E-state index contributed by atoms with van der Waals surface area (Å²) < 4.78 is 15.0. The number of hydrogen-bond acceptors (Lipinski definition) is 7. The molecule has 0 N–H and O–H groups in total. The van der Waals surface area contributed by atoms with Gasteiger partial charge in [-0.25, -0.2) is 0 Å². The van der Waals surface area contributed by atoms with E-state index >= 15 is 0 Å². The number of ether oxygens (including phenoxy) is 2. The lowest BCUT2D eigenvalue weighted by molar-refractivity contribution is -0.122. The van der Waals surface area contributed by atoms with Gasteiger partial charge in [0.1, 0.15) is 6.61 Å². The average Bonchev–Trinajstić information content (AvgIpc) is 2.79. The van der Waals surface area contributed by atoms with Gasteiger partial charge in [0.2, 0.25) is 5.89 Å². The van der Waals surface area contributed by atoms with Crippen LogP contribution >= 0.6 is 0 Å². The Morgan fingerprint density at radius 1 is 1.47 bits per heavy atom. The highest BCUT2D eigenvalue weighted by molar-refractivity contribution is 5.81. The molecule has 7 nitrogen and oxygen atoms in total. The van der Waals surface area contributed by atoms with E-state index in [1.807, 2.05) is 4.90 Å². The molecular weight excluding hydrogens is 226 g/mol. The van der Waals surface area contributed by atoms with E-state index in [1.54, 1.807) is 0 Å². The molecule has 1 aliphatic heterocycles. The zero-order valence-electron chi connectivity index (χ0n) is 9.72. The number of nitrogens with zero attached hydrogens (tertiary/aromatic N) is 3. The van der Waals surface area contributed by atoms with Gasteiger partial charge in [0.25, 0.3) is 5.95 Å². The number of carbonyl (C=O) groups is 1. The molecule has 2 rings (SSSR count). The molecule has 1 aliphatic rings. The van der Waals surface area contributed by atoms with Gasteiger partial charge in [-0.05, 0) is 5.16 Å². The number of aromatic nitrogens is 2. The summed E-state index contributed by atoms with van der Waals surface area (Å²) in [5.74, 6) is 0.770. The number of methoxy groups -OCH3 is 1. The molecule has 1 fully saturated rings. The molecule has 0 unspecified atom stereocenters. The van der Waals surface area contributed by atoms with Gasteiger partial charge in [-0.3, -0.25) is 4.79 Å². The SMILES string of the molecule is COCC(=O)Cc1nc(N2CCOCC2)no1. The van der Waals surface area contributed by atoms with Crippen molar-refractivity contribution in [2.75, 3.05) is 44.9 Å². The summed E-state index contributed by atoms with van der Waals surface area (Å²) in [6.45, 7) is 2.87. The Kier molecular flexibility index (Phi) is 4.05. The van der Waals surface area contributed by atoms with Crippen molar-refractivity contribution in [3.05, 3.63) is 5.89 Å². The van der Waals surface area contributed by atoms with Gasteiger partial charge in [-0.2, -0.15) is 4.98 Å². The molecule has 0 aromatic carbocycles. The van der Waals surface area contributed by atoms with Crippen LogP contribution < -0.4 is 4.90 Å². The first-order valence-corrected chi connectivity index (χ1v) is 5.45. The van der Waals surface area contributed by atoms with Crippen LogP contribution in [0, 0.1) is 0 Å². The van der Waals surface area contributed by atoms with Crippen LogP contribution in [0.5, 0.6) is 0 Å². The quantitative estimate of drug-likeness (QED) is 0.698. The Labute approximate surface area is 98.7 Å². The number of rotatable bonds is 5. The minimum Gasteiger partial charge on any atom is -0.378 e. The molecule has 0 atom stereocenters. The third-order valence-corrected chi connectivity index (χ3v) is 2.41. The smallest absolute Gasteiger partial charge is 0.266 e. The summed E-state index contributed by atoms with van der Waals surface area (Å²) in [5.41, 5.74) is 0. The normalized spacial score (nSPS) is 16.2. The summed E-state index contributed by atoms with van der Waals surface area (Å²) in [6.07, 6.45) is 0.116. The minimum atomic E-state index is -0.0790. The largest absolute Gasteiger partial charge is 0.378 e. The van der Waals surface area contributed by atoms with Gasteiger partial charge in [-0.15, -0.1) is 0 Å². The number of morpholine rings is 1. The van der Waals surface area contributed by atoms with E-state index in [9.17, 15) is 4.79 Å². The third-order valence-electron chi connectivity index (χ3n) is 2.41. The molecule has 7 heteroatoms. The van der Waals surface area contributed by atoms with E-state index in [1.165, 1.54) is 7.11 Å². The third kappa shape index (κ3) is 3.24. The van der Waals surface area contributed by atoms with E-state index in [0.717, 1.165) is 13.1 Å². The van der Waals surface area contributed by atoms with Crippen LogP contribution in [-0.2, 0) is 20.7 Å². The Balaban J connectivity index is 1.93. The Hall–Kier alpha value is -1.47. The molecule has 0 aliphatic carbocycles. The second-order valence-electron chi connectivity index (χ2n) is 3.74. The molecule has 94 valence electrons. The lowest BCUT2D eigenvalue weighted by Crippen LogP contribution is -2.36. The first-order valence-electron chi connectivity index (χ1n) is 5.45. The highest BCUT2D eigenvalue weighted by Crippen LogP contribution is 2.11. The summed E-state index contributed by atoms with van der Waals surface area (Å²) in [4.78, 5) is 17.5. The number of ketones is 1. The fourth-order valence-corrected chi connectivity index (χ4v) is 1.59. The van der Waals surface area contributed by atoms with Crippen LogP contribution in [0.25, 0.3) is 0 Å². The Morgan fingerprint density at radius 2 is 2.24 bits per heavy atom. The summed E-state index contributed by atoms with van der Waals surface area (Å²) in [7, 11) is 1.48. The van der Waals surface area contributed by atoms with E-state index in [-0.39, 0.29) is 18.8 Å². The van der Waals surface area contributed by atoms with Gasteiger partial charge in [-0.1, -0.05) is 0 Å². The zero-order chi connectivity index (χ0) is 12.1. The molecule has 1 aromatic rings. The molecule has 2 heterocycles. The summed E-state index contributed by atoms with van der Waals surface area (Å²) in [6, 6.07) is 0. The van der Waals surface area contributed by atoms with Crippen LogP contribution in [0.2, 0.25) is 0 Å². The second kappa shape index (κ2) is 5.74. The molecule has 0 saturated carbocycles. The molecule has 1 aromatic heterocycles. The number of hydrogen-bond donors (Lipinski definition) is 0. The maximum atomic E-state index is 11.3. The van der Waals surface area contributed by atoms with Crippen molar-refractivity contribution in [2.45, 2.75) is 6.42 Å². The second-order valence-corrected chi connectivity index (χ2v) is 3.74. The van der Waals surface area contributed by atoms with Gasteiger partial charge in [0.05, 0.1) is 19.6 Å². The van der Waals surface area contributed by atoms with E-state index in [0.29, 0.717) is 25.1 Å². The lowest BCUT2D eigenvalue weighted by atomic mass is 10.3. The van der Waals surface area contributed by atoms with Crippen molar-refractivity contribution in [1.29, 1.82) is 0 Å². The Bertz CT molecular complexity index is 373. The zero-order valence-corrected chi connectivity index (χ0v) is 9.72. The van der Waals surface area contributed by atoms with Crippen molar-refractivity contribution >= 4 is 11.7 Å². The molecule has 0 radical (unpaired) electrons. The van der Waals surface area contributed by atoms with E-state index in [4.69, 9.17) is 14.0 Å². The van der Waals surface area contributed by atoms with Crippen molar-refractivity contribution in [1.82, 2.24) is 10.1 Å². The average molecular weight is 241 g/mol. The van der Waals surface area contributed by atoms with Crippen LogP contribution in [0.1, 0.15) is 5.89 Å². The predicted octanol–water partition coefficient (Wildman–Crippen LogP) is -0.336. The van der Waals surface area contributed by atoms with Crippen LogP contribution in [0.4, 0.5) is 5.95 Å². The van der Waals surface area contributed by atoms with Gasteiger partial charge >= 0.3 is 0 Å². The standard InChI is InChI=1S/C10H15N3O4/c1-15-7-8(14)6-9-11-10(12-17-9)13-2-4-16-5-3-13/h2-7H2,1H3. The number of Topliss-reactive ketones (excluding diaryl/α,β-unsaturated/α-hetero) is 1. The molecule has 0 spiro atoms. The first kappa shape index (κ1) is 12.0. The van der Waals surface area contributed by atoms with Crippen molar-refractivity contribution in [3.8, 4) is 0 Å². The first-order chi connectivity index (χ1) is 8.29. The van der Waals surface area contributed by atoms with E-state index in [2.05, 4.69) is 10.1 Å². The van der Waals surface area contributed by atoms with Gasteiger partial charge in [0, 0.05) is 20.2 Å². The highest BCUT2D eigenvalue weighted by atomic mass is 16.5. The number of anilines is 1. The molecule has 17 heavy (non-hydrogen) atoms. The van der Waals surface area contributed by atoms with Crippen molar-refractivity contribution in [3.63, 3.8) is 0 Å². The van der Waals surface area contributed by atoms with Crippen LogP contribution in [0.3, 0.4) is 0 Å². The molecule has 1 saturated heterocycles. The lowest BCUT2D eigenvalue weighted by Gasteiger charge is -2.24. The topological polar surface area (TPSA) is 77.7 Å². The fraction of sp³-hybridized carbons (Fsp3) is 0.700. The van der Waals surface area contributed by atoms with Crippen LogP contribution in [0.15, 0.2) is 4.52 Å². The van der Waals surface area contributed by atoms with Gasteiger partial charge < -0.3 is 18.9 Å². The number of carbonyl (C=O) groups excluding carboxylic acids is 1. The van der Waals surface area contributed by atoms with Crippen molar-refractivity contribution < 1.29 is 18.8 Å². The summed E-state index contributed by atoms with van der Waals surface area (Å²) >= 11 is 0. The Morgan fingerprint density at radius 3 is 2.94 bits per heavy atom. The summed E-state index contributed by atoms with van der Waals surface area (Å²) in [5, 5.41) is 3.84. The molecule has 0 amide bonds. The van der Waals surface area contributed by atoms with E-state index < -0.39 is 0 Å². The monoisotopic (exact) mass is 241 g/mol. The highest BCUT2D eigenvalue weighted by Gasteiger charge is 2.18. The minimum absolute atomic E-state index is 0.0647. The van der Waals surface area contributed by atoms with Gasteiger partial charge in [0.15, 0.2) is 5.78 Å². The maximum Gasteiger partial charge on any atom is 0.266 e. The van der Waals surface area contributed by atoms with Crippen LogP contribution in [-0.4, -0.2) is 55.9 Å².